The van der Waals surface area contributed by atoms with Gasteiger partial charge in [0, 0.05) is 18.6 Å². The monoisotopic (exact) mass is 310 g/mol. The SMILES string of the molecule is CC1CCC(NS(=O)(=O)c2ccccc2CNC(C)C)C1. The second-order valence-corrected chi connectivity index (χ2v) is 8.06. The van der Waals surface area contributed by atoms with Gasteiger partial charge in [-0.15, -0.1) is 0 Å². The van der Waals surface area contributed by atoms with E-state index in [1.165, 1.54) is 0 Å². The summed E-state index contributed by atoms with van der Waals surface area (Å²) < 4.78 is 28.1. The van der Waals surface area contributed by atoms with E-state index >= 15 is 0 Å². The topological polar surface area (TPSA) is 58.2 Å². The summed E-state index contributed by atoms with van der Waals surface area (Å²) in [7, 11) is -3.44. The van der Waals surface area contributed by atoms with Crippen molar-refractivity contribution in [2.75, 3.05) is 0 Å². The average molecular weight is 310 g/mol. The zero-order valence-electron chi connectivity index (χ0n) is 13.1. The highest BCUT2D eigenvalue weighted by molar-refractivity contribution is 7.89. The van der Waals surface area contributed by atoms with E-state index in [1.54, 1.807) is 12.1 Å². The van der Waals surface area contributed by atoms with Crippen molar-refractivity contribution in [1.29, 1.82) is 0 Å². The highest BCUT2D eigenvalue weighted by Crippen LogP contribution is 2.26. The van der Waals surface area contributed by atoms with Crippen LogP contribution in [0.3, 0.4) is 0 Å². The zero-order valence-corrected chi connectivity index (χ0v) is 13.9. The van der Waals surface area contributed by atoms with E-state index in [0.29, 0.717) is 23.4 Å². The van der Waals surface area contributed by atoms with Crippen molar-refractivity contribution in [3.63, 3.8) is 0 Å². The molecule has 0 saturated heterocycles. The molecule has 1 saturated carbocycles. The van der Waals surface area contributed by atoms with Crippen molar-refractivity contribution in [2.24, 2.45) is 5.92 Å². The van der Waals surface area contributed by atoms with E-state index < -0.39 is 10.0 Å². The van der Waals surface area contributed by atoms with Crippen LogP contribution in [0.1, 0.15) is 45.6 Å². The molecule has 1 aromatic rings. The first-order valence-corrected chi connectivity index (χ1v) is 9.20. The summed E-state index contributed by atoms with van der Waals surface area (Å²) in [5, 5.41) is 3.28. The van der Waals surface area contributed by atoms with Crippen LogP contribution >= 0.6 is 0 Å². The van der Waals surface area contributed by atoms with Gasteiger partial charge in [0.2, 0.25) is 10.0 Å². The second-order valence-electron chi connectivity index (χ2n) is 6.38. The Labute approximate surface area is 128 Å². The zero-order chi connectivity index (χ0) is 15.5. The molecule has 1 fully saturated rings. The Bertz CT molecular complexity index is 569. The van der Waals surface area contributed by atoms with Crippen molar-refractivity contribution < 1.29 is 8.42 Å². The van der Waals surface area contributed by atoms with Crippen LogP contribution in [0.15, 0.2) is 29.2 Å². The summed E-state index contributed by atoms with van der Waals surface area (Å²) in [6.45, 7) is 6.84. The van der Waals surface area contributed by atoms with Crippen molar-refractivity contribution in [3.8, 4) is 0 Å². The fraction of sp³-hybridized carbons (Fsp3) is 0.625. The molecule has 1 aliphatic carbocycles. The van der Waals surface area contributed by atoms with E-state index in [2.05, 4.69) is 30.8 Å². The molecule has 2 unspecified atom stereocenters. The molecule has 21 heavy (non-hydrogen) atoms. The van der Waals surface area contributed by atoms with Crippen LogP contribution in [-0.4, -0.2) is 20.5 Å². The van der Waals surface area contributed by atoms with E-state index in [-0.39, 0.29) is 6.04 Å². The Morgan fingerprint density at radius 3 is 2.57 bits per heavy atom. The number of sulfonamides is 1. The summed E-state index contributed by atoms with van der Waals surface area (Å²) in [6, 6.07) is 7.64. The first-order chi connectivity index (χ1) is 9.88. The quantitative estimate of drug-likeness (QED) is 0.849. The lowest BCUT2D eigenvalue weighted by Gasteiger charge is -2.16. The fourth-order valence-corrected chi connectivity index (χ4v) is 4.35. The fourth-order valence-electron chi connectivity index (χ4n) is 2.82. The van der Waals surface area contributed by atoms with Crippen molar-refractivity contribution in [1.82, 2.24) is 10.0 Å². The van der Waals surface area contributed by atoms with Gasteiger partial charge in [-0.2, -0.15) is 0 Å². The first-order valence-electron chi connectivity index (χ1n) is 7.72. The van der Waals surface area contributed by atoms with Gasteiger partial charge in [0.25, 0.3) is 0 Å². The predicted octanol–water partition coefficient (Wildman–Crippen LogP) is 2.65. The lowest BCUT2D eigenvalue weighted by molar-refractivity contribution is 0.535. The van der Waals surface area contributed by atoms with Gasteiger partial charge in [-0.3, -0.25) is 0 Å². The largest absolute Gasteiger partial charge is 0.310 e. The van der Waals surface area contributed by atoms with Gasteiger partial charge in [0.1, 0.15) is 0 Å². The summed E-state index contributed by atoms with van der Waals surface area (Å²) in [4.78, 5) is 0.401. The van der Waals surface area contributed by atoms with Crippen molar-refractivity contribution in [3.05, 3.63) is 29.8 Å². The van der Waals surface area contributed by atoms with E-state index in [0.717, 1.165) is 24.8 Å². The van der Waals surface area contributed by atoms with Gasteiger partial charge in [0.15, 0.2) is 0 Å². The van der Waals surface area contributed by atoms with Crippen LogP contribution in [0, 0.1) is 5.92 Å². The summed E-state index contributed by atoms with van der Waals surface area (Å²) in [6.07, 6.45) is 2.97. The van der Waals surface area contributed by atoms with Crippen LogP contribution in [0.4, 0.5) is 0 Å². The number of rotatable bonds is 6. The Morgan fingerprint density at radius 1 is 1.24 bits per heavy atom. The third kappa shape index (κ3) is 4.53. The highest BCUT2D eigenvalue weighted by atomic mass is 32.2. The highest BCUT2D eigenvalue weighted by Gasteiger charge is 2.27. The summed E-state index contributed by atoms with van der Waals surface area (Å²) in [5.74, 6) is 0.607. The maximum Gasteiger partial charge on any atom is 0.241 e. The first kappa shape index (κ1) is 16.5. The minimum Gasteiger partial charge on any atom is -0.310 e. The van der Waals surface area contributed by atoms with Gasteiger partial charge in [-0.1, -0.05) is 39.0 Å². The molecule has 0 bridgehead atoms. The van der Waals surface area contributed by atoms with Crippen LogP contribution in [0.25, 0.3) is 0 Å². The third-order valence-corrected chi connectivity index (χ3v) is 5.60. The molecule has 5 heteroatoms. The Balaban J connectivity index is 2.15. The van der Waals surface area contributed by atoms with E-state index in [9.17, 15) is 8.42 Å². The minimum absolute atomic E-state index is 0.0797. The second kappa shape index (κ2) is 6.90. The van der Waals surface area contributed by atoms with Crippen LogP contribution in [0.2, 0.25) is 0 Å². The summed E-state index contributed by atoms with van der Waals surface area (Å²) in [5.41, 5.74) is 0.824. The maximum absolute atomic E-state index is 12.6. The Kier molecular flexibility index (Phi) is 5.41. The van der Waals surface area contributed by atoms with Gasteiger partial charge in [-0.25, -0.2) is 13.1 Å². The van der Waals surface area contributed by atoms with Gasteiger partial charge >= 0.3 is 0 Å². The van der Waals surface area contributed by atoms with Crippen LogP contribution in [-0.2, 0) is 16.6 Å². The molecule has 2 atom stereocenters. The predicted molar refractivity (Wildman–Crippen MR) is 85.5 cm³/mol. The molecule has 0 radical (unpaired) electrons. The molecule has 0 aromatic heterocycles. The molecule has 1 aliphatic rings. The maximum atomic E-state index is 12.6. The van der Waals surface area contributed by atoms with Crippen molar-refractivity contribution >= 4 is 10.0 Å². The number of hydrogen-bond donors (Lipinski definition) is 2. The summed E-state index contributed by atoms with van der Waals surface area (Å²) >= 11 is 0. The molecule has 4 nitrogen and oxygen atoms in total. The lowest BCUT2D eigenvalue weighted by Crippen LogP contribution is -2.34. The van der Waals surface area contributed by atoms with Gasteiger partial charge < -0.3 is 5.32 Å². The average Bonchev–Trinajstić information content (AvgIpc) is 2.81. The molecular weight excluding hydrogens is 284 g/mol. The number of nitrogens with one attached hydrogen (secondary N) is 2. The lowest BCUT2D eigenvalue weighted by atomic mass is 10.1. The van der Waals surface area contributed by atoms with Gasteiger partial charge in [0.05, 0.1) is 4.90 Å². The molecule has 0 spiro atoms. The minimum atomic E-state index is -3.44. The molecule has 118 valence electrons. The van der Waals surface area contributed by atoms with E-state index in [1.807, 2.05) is 12.1 Å². The molecular formula is C16H26N2O2S. The standard InChI is InChI=1S/C16H26N2O2S/c1-12(2)17-11-14-6-4-5-7-16(14)21(19,20)18-15-9-8-13(3)10-15/h4-7,12-13,15,17-18H,8-11H2,1-3H3. The normalized spacial score (nSPS) is 22.9. The number of benzene rings is 1. The van der Waals surface area contributed by atoms with Gasteiger partial charge in [-0.05, 0) is 36.8 Å². The van der Waals surface area contributed by atoms with E-state index in [4.69, 9.17) is 0 Å². The molecule has 0 aliphatic heterocycles. The molecule has 2 N–H and O–H groups in total. The Hall–Kier alpha value is -0.910. The molecule has 1 aromatic carbocycles. The molecule has 0 heterocycles. The number of hydrogen-bond acceptors (Lipinski definition) is 3. The molecule has 0 amide bonds. The third-order valence-electron chi connectivity index (χ3n) is 3.98. The molecule has 2 rings (SSSR count). The van der Waals surface area contributed by atoms with Crippen LogP contribution < -0.4 is 10.0 Å². The smallest absolute Gasteiger partial charge is 0.241 e. The Morgan fingerprint density at radius 2 is 1.95 bits per heavy atom. The van der Waals surface area contributed by atoms with Crippen molar-refractivity contribution in [2.45, 2.75) is 63.6 Å². The van der Waals surface area contributed by atoms with Crippen LogP contribution in [0.5, 0.6) is 0 Å².